The Balaban J connectivity index is 2.21. The summed E-state index contributed by atoms with van der Waals surface area (Å²) in [5.74, 6) is -0.163. The predicted molar refractivity (Wildman–Crippen MR) is 76.0 cm³/mol. The van der Waals surface area contributed by atoms with Gasteiger partial charge in [-0.1, -0.05) is 17.7 Å². The molecule has 94 valence electrons. The molecular formula is C13H13ClN2OS. The van der Waals surface area contributed by atoms with Gasteiger partial charge in [-0.15, -0.1) is 0 Å². The standard InChI is InChI=1S/C13H13ClN2OS/c1-16(7-9-5-6-18-8-9)13(17)12-10(14)3-2-4-11(12)15/h2-6,8H,7,15H2,1H3. The first-order valence-electron chi connectivity index (χ1n) is 5.40. The van der Waals surface area contributed by atoms with Crippen LogP contribution in [-0.2, 0) is 6.54 Å². The Morgan fingerprint density at radius 1 is 1.44 bits per heavy atom. The van der Waals surface area contributed by atoms with Crippen molar-refractivity contribution in [1.29, 1.82) is 0 Å². The summed E-state index contributed by atoms with van der Waals surface area (Å²) >= 11 is 7.63. The maximum Gasteiger partial charge on any atom is 0.257 e. The summed E-state index contributed by atoms with van der Waals surface area (Å²) < 4.78 is 0. The minimum absolute atomic E-state index is 0.163. The molecule has 3 nitrogen and oxygen atoms in total. The van der Waals surface area contributed by atoms with Gasteiger partial charge in [0.15, 0.2) is 0 Å². The minimum atomic E-state index is -0.163. The fourth-order valence-electron chi connectivity index (χ4n) is 1.69. The third-order valence-corrected chi connectivity index (χ3v) is 3.65. The van der Waals surface area contributed by atoms with E-state index in [0.717, 1.165) is 5.56 Å². The molecule has 0 atom stereocenters. The first kappa shape index (κ1) is 12.9. The molecule has 0 radical (unpaired) electrons. The summed E-state index contributed by atoms with van der Waals surface area (Å²) in [4.78, 5) is 13.9. The molecule has 0 aliphatic carbocycles. The number of benzene rings is 1. The van der Waals surface area contributed by atoms with Crippen LogP contribution < -0.4 is 5.73 Å². The second-order valence-corrected chi connectivity index (χ2v) is 5.18. The lowest BCUT2D eigenvalue weighted by atomic mass is 10.1. The molecule has 0 saturated heterocycles. The Kier molecular flexibility index (Phi) is 3.89. The van der Waals surface area contributed by atoms with Gasteiger partial charge in [-0.25, -0.2) is 0 Å². The van der Waals surface area contributed by atoms with E-state index in [1.54, 1.807) is 41.5 Å². The average Bonchev–Trinajstić information content (AvgIpc) is 2.81. The molecule has 18 heavy (non-hydrogen) atoms. The number of rotatable bonds is 3. The second kappa shape index (κ2) is 5.42. The Morgan fingerprint density at radius 3 is 2.83 bits per heavy atom. The molecule has 2 aromatic rings. The number of anilines is 1. The molecule has 0 aliphatic rings. The van der Waals surface area contributed by atoms with E-state index in [1.807, 2.05) is 16.8 Å². The van der Waals surface area contributed by atoms with Crippen LogP contribution >= 0.6 is 22.9 Å². The first-order chi connectivity index (χ1) is 8.59. The zero-order valence-electron chi connectivity index (χ0n) is 9.89. The first-order valence-corrected chi connectivity index (χ1v) is 6.72. The second-order valence-electron chi connectivity index (χ2n) is 4.00. The number of thiophene rings is 1. The van der Waals surface area contributed by atoms with Crippen molar-refractivity contribution < 1.29 is 4.79 Å². The van der Waals surface area contributed by atoms with Crippen LogP contribution in [0.25, 0.3) is 0 Å². The monoisotopic (exact) mass is 280 g/mol. The number of amides is 1. The highest BCUT2D eigenvalue weighted by atomic mass is 35.5. The number of hydrogen-bond acceptors (Lipinski definition) is 3. The molecule has 1 aromatic carbocycles. The van der Waals surface area contributed by atoms with Crippen LogP contribution in [0.1, 0.15) is 15.9 Å². The van der Waals surface area contributed by atoms with Gasteiger partial charge in [0, 0.05) is 19.3 Å². The van der Waals surface area contributed by atoms with Gasteiger partial charge in [0.1, 0.15) is 0 Å². The van der Waals surface area contributed by atoms with Gasteiger partial charge in [0.05, 0.1) is 10.6 Å². The van der Waals surface area contributed by atoms with Gasteiger partial charge in [-0.05, 0) is 34.5 Å². The highest BCUT2D eigenvalue weighted by molar-refractivity contribution is 7.07. The summed E-state index contributed by atoms with van der Waals surface area (Å²) in [6, 6.07) is 7.07. The normalized spacial score (nSPS) is 10.3. The topological polar surface area (TPSA) is 46.3 Å². The van der Waals surface area contributed by atoms with E-state index in [4.69, 9.17) is 17.3 Å². The Labute approximate surface area is 115 Å². The summed E-state index contributed by atoms with van der Waals surface area (Å²) in [5.41, 5.74) is 7.68. The lowest BCUT2D eigenvalue weighted by molar-refractivity contribution is 0.0786. The molecule has 1 amide bonds. The van der Waals surface area contributed by atoms with Crippen molar-refractivity contribution in [2.24, 2.45) is 0 Å². The van der Waals surface area contributed by atoms with Gasteiger partial charge < -0.3 is 10.6 Å². The third kappa shape index (κ3) is 2.66. The van der Waals surface area contributed by atoms with Crippen molar-refractivity contribution >= 4 is 34.5 Å². The smallest absolute Gasteiger partial charge is 0.257 e. The van der Waals surface area contributed by atoms with Crippen molar-refractivity contribution in [1.82, 2.24) is 4.90 Å². The average molecular weight is 281 g/mol. The molecule has 0 spiro atoms. The number of halogens is 1. The van der Waals surface area contributed by atoms with Crippen LogP contribution in [0.15, 0.2) is 35.0 Å². The molecule has 0 fully saturated rings. The van der Waals surface area contributed by atoms with Crippen molar-refractivity contribution in [3.05, 3.63) is 51.2 Å². The highest BCUT2D eigenvalue weighted by Gasteiger charge is 2.18. The van der Waals surface area contributed by atoms with Crippen LogP contribution in [0.5, 0.6) is 0 Å². The van der Waals surface area contributed by atoms with Crippen LogP contribution in [0.4, 0.5) is 5.69 Å². The van der Waals surface area contributed by atoms with E-state index in [9.17, 15) is 4.79 Å². The zero-order chi connectivity index (χ0) is 13.1. The summed E-state index contributed by atoms with van der Waals surface area (Å²) in [5, 5.41) is 4.38. The van der Waals surface area contributed by atoms with E-state index in [0.29, 0.717) is 22.8 Å². The van der Waals surface area contributed by atoms with Crippen LogP contribution in [0.3, 0.4) is 0 Å². The Morgan fingerprint density at radius 2 is 2.22 bits per heavy atom. The lowest BCUT2D eigenvalue weighted by Gasteiger charge is -2.18. The minimum Gasteiger partial charge on any atom is -0.398 e. The number of hydrogen-bond donors (Lipinski definition) is 1. The van der Waals surface area contributed by atoms with E-state index in [2.05, 4.69) is 0 Å². The number of carbonyl (C=O) groups excluding carboxylic acids is 1. The fourth-order valence-corrected chi connectivity index (χ4v) is 2.61. The molecule has 2 rings (SSSR count). The molecule has 5 heteroatoms. The molecule has 0 aliphatic heterocycles. The van der Waals surface area contributed by atoms with Crippen LogP contribution in [0, 0.1) is 0 Å². The largest absolute Gasteiger partial charge is 0.398 e. The predicted octanol–water partition coefficient (Wildman–Crippen LogP) is 3.26. The molecular weight excluding hydrogens is 268 g/mol. The molecule has 1 heterocycles. The summed E-state index contributed by atoms with van der Waals surface area (Å²) in [6.07, 6.45) is 0. The van der Waals surface area contributed by atoms with Crippen molar-refractivity contribution in [3.63, 3.8) is 0 Å². The zero-order valence-corrected chi connectivity index (χ0v) is 11.5. The maximum absolute atomic E-state index is 12.3. The van der Waals surface area contributed by atoms with E-state index in [-0.39, 0.29) is 5.91 Å². The summed E-state index contributed by atoms with van der Waals surface area (Å²) in [6.45, 7) is 0.549. The highest BCUT2D eigenvalue weighted by Crippen LogP contribution is 2.24. The van der Waals surface area contributed by atoms with Gasteiger partial charge in [-0.2, -0.15) is 11.3 Å². The van der Waals surface area contributed by atoms with Crippen molar-refractivity contribution in [3.8, 4) is 0 Å². The van der Waals surface area contributed by atoms with Crippen LogP contribution in [0.2, 0.25) is 5.02 Å². The Hall–Kier alpha value is -1.52. The molecule has 2 N–H and O–H groups in total. The van der Waals surface area contributed by atoms with Crippen molar-refractivity contribution in [2.45, 2.75) is 6.54 Å². The molecule has 0 bridgehead atoms. The quantitative estimate of drug-likeness (QED) is 0.877. The number of nitrogens with zero attached hydrogens (tertiary/aromatic N) is 1. The fraction of sp³-hybridized carbons (Fsp3) is 0.154. The lowest BCUT2D eigenvalue weighted by Crippen LogP contribution is -2.27. The molecule has 0 saturated carbocycles. The van der Waals surface area contributed by atoms with Gasteiger partial charge in [-0.3, -0.25) is 4.79 Å². The Bertz CT molecular complexity index is 534. The maximum atomic E-state index is 12.3. The molecule has 0 unspecified atom stereocenters. The van der Waals surface area contributed by atoms with Gasteiger partial charge in [0.2, 0.25) is 0 Å². The molecule has 1 aromatic heterocycles. The SMILES string of the molecule is CN(Cc1ccsc1)C(=O)c1c(N)cccc1Cl. The van der Waals surface area contributed by atoms with Gasteiger partial charge >= 0.3 is 0 Å². The van der Waals surface area contributed by atoms with E-state index >= 15 is 0 Å². The summed E-state index contributed by atoms with van der Waals surface area (Å²) in [7, 11) is 1.74. The number of carbonyl (C=O) groups is 1. The third-order valence-electron chi connectivity index (χ3n) is 2.61. The van der Waals surface area contributed by atoms with E-state index in [1.165, 1.54) is 0 Å². The number of nitrogen functional groups attached to an aromatic ring is 1. The van der Waals surface area contributed by atoms with Crippen molar-refractivity contribution in [2.75, 3.05) is 12.8 Å². The van der Waals surface area contributed by atoms with Gasteiger partial charge in [0.25, 0.3) is 5.91 Å². The van der Waals surface area contributed by atoms with Crippen LogP contribution in [-0.4, -0.2) is 17.9 Å². The number of nitrogens with two attached hydrogens (primary N) is 1. The van der Waals surface area contributed by atoms with E-state index < -0.39 is 0 Å².